The number of allylic oxidation sites excluding steroid dienone is 2. The molecule has 0 atom stereocenters. The quantitative estimate of drug-likeness (QED) is 0.0997. The van der Waals surface area contributed by atoms with Gasteiger partial charge in [0.25, 0.3) is 0 Å². The van der Waals surface area contributed by atoms with Crippen LogP contribution in [0.1, 0.15) is 174 Å². The molecular weight excluding hydrogens is 392 g/mol. The van der Waals surface area contributed by atoms with Crippen molar-refractivity contribution in [3.63, 3.8) is 0 Å². The summed E-state index contributed by atoms with van der Waals surface area (Å²) in [7, 11) is 0. The number of carboxylic acids is 1. The molecular formula is C30H58O2. The van der Waals surface area contributed by atoms with E-state index in [2.05, 4.69) is 19.1 Å². The number of unbranched alkanes of at least 4 members (excludes halogenated alkanes) is 23. The van der Waals surface area contributed by atoms with Crippen molar-refractivity contribution in [3.05, 3.63) is 12.2 Å². The molecule has 0 aromatic heterocycles. The molecule has 0 heterocycles. The Morgan fingerprint density at radius 3 is 1.06 bits per heavy atom. The minimum absolute atomic E-state index is 0.344. The van der Waals surface area contributed by atoms with Crippen molar-refractivity contribution in [2.75, 3.05) is 0 Å². The van der Waals surface area contributed by atoms with E-state index >= 15 is 0 Å². The Bertz CT molecular complexity index is 388. The number of aliphatic carboxylic acids is 1. The zero-order valence-electron chi connectivity index (χ0n) is 21.9. The third kappa shape index (κ3) is 29.2. The zero-order valence-corrected chi connectivity index (χ0v) is 21.9. The molecule has 2 nitrogen and oxygen atoms in total. The van der Waals surface area contributed by atoms with Crippen molar-refractivity contribution in [1.29, 1.82) is 0 Å². The summed E-state index contributed by atoms with van der Waals surface area (Å²) in [6.45, 7) is 2.29. The van der Waals surface area contributed by atoms with E-state index in [1.165, 1.54) is 148 Å². The fourth-order valence-corrected chi connectivity index (χ4v) is 4.47. The van der Waals surface area contributed by atoms with Gasteiger partial charge in [0.2, 0.25) is 0 Å². The van der Waals surface area contributed by atoms with Gasteiger partial charge in [-0.2, -0.15) is 0 Å². The number of hydrogen-bond donors (Lipinski definition) is 1. The Morgan fingerprint density at radius 1 is 0.469 bits per heavy atom. The highest BCUT2D eigenvalue weighted by Crippen LogP contribution is 2.15. The van der Waals surface area contributed by atoms with Gasteiger partial charge in [0.15, 0.2) is 0 Å². The highest BCUT2D eigenvalue weighted by molar-refractivity contribution is 5.66. The van der Waals surface area contributed by atoms with E-state index in [0.717, 1.165) is 12.8 Å². The van der Waals surface area contributed by atoms with Gasteiger partial charge in [0.1, 0.15) is 0 Å². The van der Waals surface area contributed by atoms with Gasteiger partial charge in [-0.25, -0.2) is 0 Å². The molecule has 0 aromatic rings. The maximum absolute atomic E-state index is 10.4. The third-order valence-corrected chi connectivity index (χ3v) is 6.65. The number of rotatable bonds is 27. The van der Waals surface area contributed by atoms with Gasteiger partial charge < -0.3 is 5.11 Å². The van der Waals surface area contributed by atoms with Crippen LogP contribution in [-0.4, -0.2) is 11.1 Å². The summed E-state index contributed by atoms with van der Waals surface area (Å²) in [5, 5.41) is 8.60. The first-order valence-corrected chi connectivity index (χ1v) is 14.6. The first kappa shape index (κ1) is 31.2. The van der Waals surface area contributed by atoms with Crippen molar-refractivity contribution in [1.82, 2.24) is 0 Å². The predicted octanol–water partition coefficient (Wildman–Crippen LogP) is 10.8. The van der Waals surface area contributed by atoms with E-state index in [1.54, 1.807) is 0 Å². The maximum Gasteiger partial charge on any atom is 0.303 e. The van der Waals surface area contributed by atoms with Crippen molar-refractivity contribution in [2.45, 2.75) is 174 Å². The SMILES string of the molecule is CCCCCCCC/C=C/CCCCCCCCCCCCCCCCCCCC(=O)O. The molecule has 0 amide bonds. The maximum atomic E-state index is 10.4. The molecule has 0 bridgehead atoms. The van der Waals surface area contributed by atoms with Crippen molar-refractivity contribution < 1.29 is 9.90 Å². The lowest BCUT2D eigenvalue weighted by atomic mass is 10.0. The van der Waals surface area contributed by atoms with Crippen LogP contribution in [0.2, 0.25) is 0 Å². The fraction of sp³-hybridized carbons (Fsp3) is 0.900. The predicted molar refractivity (Wildman–Crippen MR) is 142 cm³/mol. The van der Waals surface area contributed by atoms with E-state index < -0.39 is 5.97 Å². The Labute approximate surface area is 202 Å². The molecule has 0 aromatic carbocycles. The first-order chi connectivity index (χ1) is 15.8. The van der Waals surface area contributed by atoms with E-state index in [4.69, 9.17) is 5.11 Å². The largest absolute Gasteiger partial charge is 0.481 e. The highest BCUT2D eigenvalue weighted by Gasteiger charge is 1.97. The monoisotopic (exact) mass is 450 g/mol. The van der Waals surface area contributed by atoms with Crippen molar-refractivity contribution >= 4 is 5.97 Å². The van der Waals surface area contributed by atoms with Gasteiger partial charge in [-0.1, -0.05) is 147 Å². The highest BCUT2D eigenvalue weighted by atomic mass is 16.4. The standard InChI is InChI=1S/C30H58O2/c1-2-3-4-5-6-7-8-9-10-11-12-13-14-15-16-17-18-19-20-21-22-23-24-25-26-27-28-29-30(31)32/h9-10H,2-8,11-29H2,1H3,(H,31,32)/b10-9+. The smallest absolute Gasteiger partial charge is 0.303 e. The Morgan fingerprint density at radius 2 is 0.750 bits per heavy atom. The van der Waals surface area contributed by atoms with Gasteiger partial charge >= 0.3 is 5.97 Å². The number of hydrogen-bond acceptors (Lipinski definition) is 1. The van der Waals surface area contributed by atoms with Gasteiger partial charge in [0, 0.05) is 6.42 Å². The van der Waals surface area contributed by atoms with Crippen LogP contribution in [0.5, 0.6) is 0 Å². The molecule has 0 aliphatic heterocycles. The normalized spacial score (nSPS) is 11.5. The average molecular weight is 451 g/mol. The second kappa shape index (κ2) is 28.2. The van der Waals surface area contributed by atoms with Crippen LogP contribution in [0, 0.1) is 0 Å². The molecule has 0 unspecified atom stereocenters. The first-order valence-electron chi connectivity index (χ1n) is 14.6. The van der Waals surface area contributed by atoms with Crippen LogP contribution in [-0.2, 0) is 4.79 Å². The molecule has 0 radical (unpaired) electrons. The molecule has 1 N–H and O–H groups in total. The van der Waals surface area contributed by atoms with Gasteiger partial charge in [-0.05, 0) is 32.1 Å². The van der Waals surface area contributed by atoms with Crippen LogP contribution in [0.15, 0.2) is 12.2 Å². The lowest BCUT2D eigenvalue weighted by molar-refractivity contribution is -0.137. The number of carbonyl (C=O) groups is 1. The van der Waals surface area contributed by atoms with E-state index in [0.29, 0.717) is 6.42 Å². The summed E-state index contributed by atoms with van der Waals surface area (Å²) in [6, 6.07) is 0. The lowest BCUT2D eigenvalue weighted by Crippen LogP contribution is -1.93. The summed E-state index contributed by atoms with van der Waals surface area (Å²) in [5.41, 5.74) is 0. The Balaban J connectivity index is 3.06. The summed E-state index contributed by atoms with van der Waals surface area (Å²) in [6.07, 6.45) is 39.0. The molecule has 2 heteroatoms. The van der Waals surface area contributed by atoms with Crippen molar-refractivity contribution in [2.24, 2.45) is 0 Å². The minimum atomic E-state index is -0.651. The van der Waals surface area contributed by atoms with Crippen LogP contribution < -0.4 is 0 Å². The van der Waals surface area contributed by atoms with E-state index in [9.17, 15) is 4.79 Å². The molecule has 0 spiro atoms. The van der Waals surface area contributed by atoms with E-state index in [1.807, 2.05) is 0 Å². The Hall–Kier alpha value is -0.790. The van der Waals surface area contributed by atoms with Crippen LogP contribution in [0.3, 0.4) is 0 Å². The number of carboxylic acid groups (broad SMARTS) is 1. The van der Waals surface area contributed by atoms with Crippen LogP contribution in [0.25, 0.3) is 0 Å². The molecule has 0 aliphatic carbocycles. The Kier molecular flexibility index (Phi) is 27.5. The molecule has 0 rings (SSSR count). The van der Waals surface area contributed by atoms with E-state index in [-0.39, 0.29) is 0 Å². The lowest BCUT2D eigenvalue weighted by Gasteiger charge is -2.03. The van der Waals surface area contributed by atoms with Gasteiger partial charge in [-0.15, -0.1) is 0 Å². The van der Waals surface area contributed by atoms with Crippen LogP contribution in [0.4, 0.5) is 0 Å². The summed E-state index contributed by atoms with van der Waals surface area (Å²) >= 11 is 0. The fourth-order valence-electron chi connectivity index (χ4n) is 4.47. The minimum Gasteiger partial charge on any atom is -0.481 e. The summed E-state index contributed by atoms with van der Waals surface area (Å²) < 4.78 is 0. The molecule has 0 saturated heterocycles. The second-order valence-corrected chi connectivity index (χ2v) is 9.97. The summed E-state index contributed by atoms with van der Waals surface area (Å²) in [5.74, 6) is -0.651. The third-order valence-electron chi connectivity index (χ3n) is 6.65. The van der Waals surface area contributed by atoms with Crippen molar-refractivity contribution in [3.8, 4) is 0 Å². The van der Waals surface area contributed by atoms with Crippen LogP contribution >= 0.6 is 0 Å². The molecule has 0 saturated carbocycles. The topological polar surface area (TPSA) is 37.3 Å². The van der Waals surface area contributed by atoms with Gasteiger partial charge in [-0.3, -0.25) is 4.79 Å². The molecule has 0 aliphatic rings. The van der Waals surface area contributed by atoms with Gasteiger partial charge in [0.05, 0.1) is 0 Å². The molecule has 32 heavy (non-hydrogen) atoms. The average Bonchev–Trinajstić information content (AvgIpc) is 2.78. The summed E-state index contributed by atoms with van der Waals surface area (Å²) in [4.78, 5) is 10.4. The molecule has 0 fully saturated rings. The molecule has 190 valence electrons. The zero-order chi connectivity index (χ0) is 23.4. The second-order valence-electron chi connectivity index (χ2n) is 9.97.